The second kappa shape index (κ2) is 11.1. The number of carbonyl (C=O) groups excluding carboxylic acids is 1. The van der Waals surface area contributed by atoms with Crippen molar-refractivity contribution in [3.8, 4) is 11.4 Å². The Kier molecular flexibility index (Phi) is 7.49. The Hall–Kier alpha value is -3.10. The van der Waals surface area contributed by atoms with Crippen LogP contribution in [0.4, 0.5) is 4.39 Å². The van der Waals surface area contributed by atoms with Gasteiger partial charge in [-0.3, -0.25) is 14.6 Å². The molecule has 0 radical (unpaired) electrons. The van der Waals surface area contributed by atoms with Gasteiger partial charge >= 0.3 is 0 Å². The monoisotopic (exact) mass is 477 g/mol. The lowest BCUT2D eigenvalue weighted by molar-refractivity contribution is -0.127. The van der Waals surface area contributed by atoms with Gasteiger partial charge in [0, 0.05) is 25.2 Å². The zero-order chi connectivity index (χ0) is 24.0. The topological polar surface area (TPSA) is 74.5 Å². The van der Waals surface area contributed by atoms with Gasteiger partial charge in [0.15, 0.2) is 0 Å². The summed E-state index contributed by atoms with van der Waals surface area (Å²) in [4.78, 5) is 22.0. The first-order valence-corrected chi connectivity index (χ1v) is 12.5. The molecule has 1 amide bonds. The largest absolute Gasteiger partial charge is 0.352 e. The summed E-state index contributed by atoms with van der Waals surface area (Å²) in [6, 6.07) is 14.6. The van der Waals surface area contributed by atoms with Gasteiger partial charge in [0.25, 0.3) is 0 Å². The van der Waals surface area contributed by atoms with E-state index >= 15 is 0 Å². The van der Waals surface area contributed by atoms with Crippen LogP contribution in [-0.2, 0) is 24.4 Å². The van der Waals surface area contributed by atoms with E-state index in [2.05, 4.69) is 49.5 Å². The minimum Gasteiger partial charge on any atom is -0.352 e. The summed E-state index contributed by atoms with van der Waals surface area (Å²) in [5.74, 6) is 0.677. The highest BCUT2D eigenvalue weighted by Gasteiger charge is 2.27. The number of hydrogen-bond acceptors (Lipinski definition) is 6. The van der Waals surface area contributed by atoms with Crippen molar-refractivity contribution in [3.63, 3.8) is 0 Å². The maximum Gasteiger partial charge on any atom is 0.241 e. The van der Waals surface area contributed by atoms with Crippen molar-refractivity contribution >= 4 is 5.91 Å². The summed E-state index contributed by atoms with van der Waals surface area (Å²) < 4.78 is 18.6. The Labute approximate surface area is 205 Å². The molecule has 0 spiro atoms. The molecule has 1 atom stereocenters. The second-order valence-corrected chi connectivity index (χ2v) is 9.61. The third-order valence-electron chi connectivity index (χ3n) is 6.87. The number of hydrogen-bond donors (Lipinski definition) is 1. The zero-order valence-electron chi connectivity index (χ0n) is 20.0. The summed E-state index contributed by atoms with van der Waals surface area (Å²) >= 11 is 0. The van der Waals surface area contributed by atoms with Gasteiger partial charge in [0.1, 0.15) is 5.82 Å². The van der Waals surface area contributed by atoms with Crippen LogP contribution in [0.3, 0.4) is 0 Å². The molecule has 184 valence electrons. The van der Waals surface area contributed by atoms with E-state index < -0.39 is 0 Å². The third kappa shape index (κ3) is 6.32. The number of carbonyl (C=O) groups is 1. The fraction of sp³-hybridized carbons (Fsp3) is 0.444. The molecule has 7 nitrogen and oxygen atoms in total. The first kappa shape index (κ1) is 23.6. The minimum atomic E-state index is -0.301. The average Bonchev–Trinajstić information content (AvgIpc) is 3.56. The van der Waals surface area contributed by atoms with Gasteiger partial charge in [-0.15, -0.1) is 0 Å². The number of piperidine rings is 1. The molecular weight excluding hydrogens is 445 g/mol. The molecule has 35 heavy (non-hydrogen) atoms. The van der Waals surface area contributed by atoms with Crippen LogP contribution in [0.1, 0.15) is 42.7 Å². The molecule has 2 aliphatic rings. The van der Waals surface area contributed by atoms with E-state index in [4.69, 9.17) is 4.52 Å². The van der Waals surface area contributed by atoms with Crippen LogP contribution in [0.2, 0.25) is 0 Å². The Bertz CT molecular complexity index is 1130. The lowest BCUT2D eigenvalue weighted by Gasteiger charge is -2.30. The highest BCUT2D eigenvalue weighted by Crippen LogP contribution is 2.21. The van der Waals surface area contributed by atoms with Crippen molar-refractivity contribution < 1.29 is 13.7 Å². The molecule has 3 aromatic rings. The average molecular weight is 478 g/mol. The fourth-order valence-corrected chi connectivity index (χ4v) is 5.01. The van der Waals surface area contributed by atoms with Crippen LogP contribution in [0.15, 0.2) is 53.1 Å². The molecule has 2 fully saturated rings. The molecular formula is C27H32FN5O2. The highest BCUT2D eigenvalue weighted by atomic mass is 19.1. The van der Waals surface area contributed by atoms with Crippen molar-refractivity contribution in [2.45, 2.75) is 45.3 Å². The first-order valence-electron chi connectivity index (χ1n) is 12.5. The SMILES string of the molecule is O=C(NCc1cccc(CN2CCCC2)c1)C1CCCN(Cc2nc(-c3ccc(F)cc3)no2)C1. The van der Waals surface area contributed by atoms with E-state index in [0.29, 0.717) is 36.9 Å². The molecule has 2 saturated heterocycles. The number of aromatic nitrogens is 2. The molecule has 3 heterocycles. The number of likely N-dealkylation sites (tertiary alicyclic amines) is 2. The Morgan fingerprint density at radius 1 is 1.00 bits per heavy atom. The number of halogens is 1. The number of nitrogens with zero attached hydrogens (tertiary/aromatic N) is 4. The Morgan fingerprint density at radius 3 is 2.60 bits per heavy atom. The third-order valence-corrected chi connectivity index (χ3v) is 6.87. The normalized spacial score (nSPS) is 19.2. The van der Waals surface area contributed by atoms with Crippen LogP contribution >= 0.6 is 0 Å². The second-order valence-electron chi connectivity index (χ2n) is 9.61. The number of benzene rings is 2. The Balaban J connectivity index is 1.12. The molecule has 0 bridgehead atoms. The predicted molar refractivity (Wildman–Crippen MR) is 130 cm³/mol. The molecule has 5 rings (SSSR count). The zero-order valence-corrected chi connectivity index (χ0v) is 20.0. The van der Waals surface area contributed by atoms with E-state index in [1.807, 2.05) is 0 Å². The van der Waals surface area contributed by atoms with E-state index in [1.54, 1.807) is 12.1 Å². The van der Waals surface area contributed by atoms with Crippen molar-refractivity contribution in [1.82, 2.24) is 25.3 Å². The number of nitrogens with one attached hydrogen (secondary N) is 1. The first-order chi connectivity index (χ1) is 17.1. The molecule has 2 aromatic carbocycles. The summed E-state index contributed by atoms with van der Waals surface area (Å²) in [6.07, 6.45) is 4.40. The van der Waals surface area contributed by atoms with Crippen LogP contribution in [0.5, 0.6) is 0 Å². The van der Waals surface area contributed by atoms with Crippen LogP contribution < -0.4 is 5.32 Å². The van der Waals surface area contributed by atoms with Gasteiger partial charge in [-0.05, 0) is 80.7 Å². The van der Waals surface area contributed by atoms with E-state index in [0.717, 1.165) is 31.5 Å². The maximum absolute atomic E-state index is 13.2. The maximum atomic E-state index is 13.2. The summed E-state index contributed by atoms with van der Waals surface area (Å²) in [7, 11) is 0. The van der Waals surface area contributed by atoms with Gasteiger partial charge in [-0.2, -0.15) is 4.98 Å². The smallest absolute Gasteiger partial charge is 0.241 e. The molecule has 0 aliphatic carbocycles. The predicted octanol–water partition coefficient (Wildman–Crippen LogP) is 4.00. The molecule has 1 aromatic heterocycles. The summed E-state index contributed by atoms with van der Waals surface area (Å²) in [5, 5.41) is 7.16. The molecule has 8 heteroatoms. The van der Waals surface area contributed by atoms with Gasteiger partial charge in [-0.25, -0.2) is 4.39 Å². The number of amides is 1. The van der Waals surface area contributed by atoms with Gasteiger partial charge in [0.05, 0.1) is 12.5 Å². The van der Waals surface area contributed by atoms with Crippen LogP contribution in [0.25, 0.3) is 11.4 Å². The quantitative estimate of drug-likeness (QED) is 0.529. The van der Waals surface area contributed by atoms with Gasteiger partial charge in [-0.1, -0.05) is 29.4 Å². The lowest BCUT2D eigenvalue weighted by atomic mass is 9.97. The Morgan fingerprint density at radius 2 is 1.77 bits per heavy atom. The van der Waals surface area contributed by atoms with E-state index in [-0.39, 0.29) is 17.6 Å². The number of rotatable bonds is 8. The molecule has 1 N–H and O–H groups in total. The van der Waals surface area contributed by atoms with Crippen LogP contribution in [-0.4, -0.2) is 52.0 Å². The van der Waals surface area contributed by atoms with Crippen LogP contribution in [0, 0.1) is 11.7 Å². The molecule has 2 aliphatic heterocycles. The standard InChI is InChI=1S/C27H32FN5O2/c28-24-10-8-22(9-11-24)26-30-25(35-31-26)19-33-14-4-7-23(18-33)27(34)29-16-20-5-3-6-21(15-20)17-32-12-1-2-13-32/h3,5-6,8-11,15,23H,1-2,4,7,12-14,16-19H2,(H,29,34). The summed E-state index contributed by atoms with van der Waals surface area (Å²) in [5.41, 5.74) is 3.16. The minimum absolute atomic E-state index is 0.0592. The lowest BCUT2D eigenvalue weighted by Crippen LogP contribution is -2.42. The highest BCUT2D eigenvalue weighted by molar-refractivity contribution is 5.79. The van der Waals surface area contributed by atoms with E-state index in [9.17, 15) is 9.18 Å². The van der Waals surface area contributed by atoms with Crippen molar-refractivity contribution in [2.75, 3.05) is 26.2 Å². The summed E-state index contributed by atoms with van der Waals surface area (Å²) in [6.45, 7) is 5.93. The van der Waals surface area contributed by atoms with Crippen molar-refractivity contribution in [1.29, 1.82) is 0 Å². The molecule has 0 saturated carbocycles. The van der Waals surface area contributed by atoms with Crippen molar-refractivity contribution in [2.24, 2.45) is 5.92 Å². The van der Waals surface area contributed by atoms with E-state index in [1.165, 1.54) is 43.6 Å². The van der Waals surface area contributed by atoms with Crippen molar-refractivity contribution in [3.05, 3.63) is 71.4 Å². The van der Waals surface area contributed by atoms with Gasteiger partial charge < -0.3 is 9.84 Å². The molecule has 1 unspecified atom stereocenters. The fourth-order valence-electron chi connectivity index (χ4n) is 5.01. The van der Waals surface area contributed by atoms with Gasteiger partial charge in [0.2, 0.25) is 17.6 Å².